The third kappa shape index (κ3) is 3.50. The van der Waals surface area contributed by atoms with Gasteiger partial charge >= 0.3 is 0 Å². The van der Waals surface area contributed by atoms with E-state index in [9.17, 15) is 0 Å². The first-order chi connectivity index (χ1) is 10.3. The molecule has 0 aliphatic rings. The van der Waals surface area contributed by atoms with Gasteiger partial charge in [0, 0.05) is 18.0 Å². The minimum Gasteiger partial charge on any atom is -0.241 e. The van der Waals surface area contributed by atoms with Crippen molar-refractivity contribution in [3.8, 4) is 0 Å². The first kappa shape index (κ1) is 13.8. The summed E-state index contributed by atoms with van der Waals surface area (Å²) in [4.78, 5) is 4.43. The number of aromatic nitrogens is 1. The molecule has 0 aliphatic heterocycles. The summed E-state index contributed by atoms with van der Waals surface area (Å²) in [6.07, 6.45) is 0.842. The van der Waals surface area contributed by atoms with Crippen LogP contribution < -0.4 is 0 Å². The van der Waals surface area contributed by atoms with Crippen molar-refractivity contribution in [2.75, 3.05) is 0 Å². The Morgan fingerprint density at radius 2 is 1.29 bits per heavy atom. The summed E-state index contributed by atoms with van der Waals surface area (Å²) in [6.45, 7) is 0. The van der Waals surface area contributed by atoms with Gasteiger partial charge in [-0.15, -0.1) is 0 Å². The van der Waals surface area contributed by atoms with E-state index in [1.165, 1.54) is 11.1 Å². The van der Waals surface area contributed by atoms with E-state index in [0.29, 0.717) is 11.1 Å². The van der Waals surface area contributed by atoms with Crippen LogP contribution in [-0.2, 0) is 6.42 Å². The van der Waals surface area contributed by atoms with Gasteiger partial charge in [-0.2, -0.15) is 0 Å². The molecule has 0 saturated heterocycles. The SMILES string of the molecule is Clc1cccc(CC(c2ccccc2)c2ccccc2)n1. The Morgan fingerprint density at radius 3 is 1.81 bits per heavy atom. The molecule has 0 bridgehead atoms. The third-order valence-electron chi connectivity index (χ3n) is 3.59. The Kier molecular flexibility index (Phi) is 4.32. The van der Waals surface area contributed by atoms with E-state index in [1.54, 1.807) is 0 Å². The predicted molar refractivity (Wildman–Crippen MR) is 87.7 cm³/mol. The van der Waals surface area contributed by atoms with Crippen LogP contribution in [-0.4, -0.2) is 4.98 Å². The largest absolute Gasteiger partial charge is 0.241 e. The van der Waals surface area contributed by atoms with Crippen LogP contribution >= 0.6 is 11.6 Å². The van der Waals surface area contributed by atoms with Gasteiger partial charge in [-0.3, -0.25) is 0 Å². The zero-order chi connectivity index (χ0) is 14.5. The van der Waals surface area contributed by atoms with Crippen molar-refractivity contribution >= 4 is 11.6 Å². The van der Waals surface area contributed by atoms with Gasteiger partial charge in [0.15, 0.2) is 0 Å². The molecule has 0 N–H and O–H groups in total. The van der Waals surface area contributed by atoms with Crippen molar-refractivity contribution in [1.29, 1.82) is 0 Å². The van der Waals surface area contributed by atoms with Gasteiger partial charge in [0.05, 0.1) is 0 Å². The molecule has 0 spiro atoms. The Hall–Kier alpha value is -2.12. The zero-order valence-corrected chi connectivity index (χ0v) is 12.4. The summed E-state index contributed by atoms with van der Waals surface area (Å²) in [5.41, 5.74) is 3.61. The average Bonchev–Trinajstić information content (AvgIpc) is 2.54. The summed E-state index contributed by atoms with van der Waals surface area (Å²) in [5.74, 6) is 0.290. The van der Waals surface area contributed by atoms with Gasteiger partial charge in [0.25, 0.3) is 0 Å². The Bertz CT molecular complexity index is 656. The molecule has 3 rings (SSSR count). The molecule has 0 radical (unpaired) electrons. The van der Waals surface area contributed by atoms with E-state index in [2.05, 4.69) is 53.5 Å². The predicted octanol–water partition coefficient (Wildman–Crippen LogP) is 5.11. The molecule has 2 heteroatoms. The molecule has 0 unspecified atom stereocenters. The summed E-state index contributed by atoms with van der Waals surface area (Å²) in [7, 11) is 0. The fourth-order valence-corrected chi connectivity index (χ4v) is 2.75. The van der Waals surface area contributed by atoms with Crippen molar-refractivity contribution in [2.24, 2.45) is 0 Å². The molecule has 3 aromatic rings. The van der Waals surface area contributed by atoms with Gasteiger partial charge in [-0.05, 0) is 23.3 Å². The lowest BCUT2D eigenvalue weighted by molar-refractivity contribution is 0.783. The summed E-state index contributed by atoms with van der Waals surface area (Å²) >= 11 is 6.01. The number of hydrogen-bond donors (Lipinski definition) is 0. The van der Waals surface area contributed by atoms with E-state index in [4.69, 9.17) is 11.6 Å². The van der Waals surface area contributed by atoms with E-state index in [1.807, 2.05) is 30.3 Å². The third-order valence-corrected chi connectivity index (χ3v) is 3.80. The van der Waals surface area contributed by atoms with Crippen LogP contribution in [0.15, 0.2) is 78.9 Å². The topological polar surface area (TPSA) is 12.9 Å². The number of rotatable bonds is 4. The van der Waals surface area contributed by atoms with Crippen molar-refractivity contribution < 1.29 is 0 Å². The highest BCUT2D eigenvalue weighted by Gasteiger charge is 2.15. The summed E-state index contributed by atoms with van der Waals surface area (Å²) < 4.78 is 0. The number of hydrogen-bond acceptors (Lipinski definition) is 1. The average molecular weight is 294 g/mol. The second-order valence-electron chi connectivity index (χ2n) is 5.03. The minimum atomic E-state index is 0.290. The van der Waals surface area contributed by atoms with Gasteiger partial charge < -0.3 is 0 Å². The standard InChI is InChI=1S/C19H16ClN/c20-19-13-7-12-17(21-19)14-18(15-8-3-1-4-9-15)16-10-5-2-6-11-16/h1-13,18H,14H2. The fourth-order valence-electron chi connectivity index (χ4n) is 2.57. The first-order valence-electron chi connectivity index (χ1n) is 7.04. The highest BCUT2D eigenvalue weighted by Crippen LogP contribution is 2.28. The molecule has 0 amide bonds. The molecule has 2 aromatic carbocycles. The number of pyridine rings is 1. The maximum atomic E-state index is 6.01. The molecular weight excluding hydrogens is 278 g/mol. The molecule has 0 atom stereocenters. The fraction of sp³-hybridized carbons (Fsp3) is 0.105. The maximum absolute atomic E-state index is 6.01. The van der Waals surface area contributed by atoms with Gasteiger partial charge in [-0.25, -0.2) is 4.98 Å². The molecule has 0 aliphatic carbocycles. The van der Waals surface area contributed by atoms with E-state index in [0.717, 1.165) is 12.1 Å². The molecule has 21 heavy (non-hydrogen) atoms. The lowest BCUT2D eigenvalue weighted by Gasteiger charge is -2.18. The lowest BCUT2D eigenvalue weighted by atomic mass is 9.87. The lowest BCUT2D eigenvalue weighted by Crippen LogP contribution is -2.06. The van der Waals surface area contributed by atoms with Gasteiger partial charge in [0.2, 0.25) is 0 Å². The van der Waals surface area contributed by atoms with Crippen LogP contribution in [0.2, 0.25) is 5.15 Å². The smallest absolute Gasteiger partial charge is 0.129 e. The summed E-state index contributed by atoms with van der Waals surface area (Å²) in [5, 5.41) is 0.548. The maximum Gasteiger partial charge on any atom is 0.129 e. The molecule has 104 valence electrons. The van der Waals surface area contributed by atoms with Crippen LogP contribution in [0.5, 0.6) is 0 Å². The molecule has 0 fully saturated rings. The molecule has 1 nitrogen and oxygen atoms in total. The normalized spacial score (nSPS) is 10.8. The van der Waals surface area contributed by atoms with Crippen molar-refractivity contribution in [3.05, 3.63) is 101 Å². The molecular formula is C19H16ClN. The Labute approximate surface area is 130 Å². The van der Waals surface area contributed by atoms with E-state index >= 15 is 0 Å². The highest BCUT2D eigenvalue weighted by atomic mass is 35.5. The quantitative estimate of drug-likeness (QED) is 0.609. The second kappa shape index (κ2) is 6.55. The summed E-state index contributed by atoms with van der Waals surface area (Å²) in [6, 6.07) is 26.9. The van der Waals surface area contributed by atoms with Gasteiger partial charge in [-0.1, -0.05) is 78.3 Å². The van der Waals surface area contributed by atoms with Crippen LogP contribution in [0.4, 0.5) is 0 Å². The Morgan fingerprint density at radius 1 is 0.714 bits per heavy atom. The van der Waals surface area contributed by atoms with Crippen molar-refractivity contribution in [3.63, 3.8) is 0 Å². The van der Waals surface area contributed by atoms with Crippen molar-refractivity contribution in [2.45, 2.75) is 12.3 Å². The van der Waals surface area contributed by atoms with E-state index < -0.39 is 0 Å². The van der Waals surface area contributed by atoms with Gasteiger partial charge in [0.1, 0.15) is 5.15 Å². The molecule has 1 aromatic heterocycles. The van der Waals surface area contributed by atoms with E-state index in [-0.39, 0.29) is 0 Å². The number of benzene rings is 2. The van der Waals surface area contributed by atoms with Crippen LogP contribution in [0.25, 0.3) is 0 Å². The van der Waals surface area contributed by atoms with Crippen LogP contribution in [0, 0.1) is 0 Å². The number of nitrogens with zero attached hydrogens (tertiary/aromatic N) is 1. The molecule has 1 heterocycles. The van der Waals surface area contributed by atoms with Crippen LogP contribution in [0.3, 0.4) is 0 Å². The minimum absolute atomic E-state index is 0.290. The second-order valence-corrected chi connectivity index (χ2v) is 5.42. The highest BCUT2D eigenvalue weighted by molar-refractivity contribution is 6.29. The number of halogens is 1. The monoisotopic (exact) mass is 293 g/mol. The first-order valence-corrected chi connectivity index (χ1v) is 7.42. The van der Waals surface area contributed by atoms with Crippen molar-refractivity contribution in [1.82, 2.24) is 4.98 Å². The zero-order valence-electron chi connectivity index (χ0n) is 11.6. The Balaban J connectivity index is 1.97. The van der Waals surface area contributed by atoms with Crippen LogP contribution in [0.1, 0.15) is 22.7 Å². The molecule has 0 saturated carbocycles.